The van der Waals surface area contributed by atoms with Crippen LogP contribution in [0.1, 0.15) is 9.80 Å². The molecule has 0 N–H and O–H groups in total. The first-order valence-corrected chi connectivity index (χ1v) is 8.62. The van der Waals surface area contributed by atoms with Crippen molar-refractivity contribution in [1.29, 1.82) is 0 Å². The number of nitrogens with zero attached hydrogens (tertiary/aromatic N) is 1. The molecule has 1 heterocycles. The molecule has 0 bridgehead atoms. The van der Waals surface area contributed by atoms with Gasteiger partial charge in [0.05, 0.1) is 10.6 Å². The number of carbonyl (C=O) groups excluding carboxylic acids is 1. The molecule has 0 saturated heterocycles. The normalized spacial score (nSPS) is 10.6. The number of benzene rings is 2. The standard InChI is InChI=1S/C17H12FNOS2/c1-21-14-8-4-12(5-9-14)17-16(19-15(10-20)22-17)11-2-6-13(18)7-3-11/h2-10H,1H3. The largest absolute Gasteiger partial charge is 0.295 e. The first kappa shape index (κ1) is 14.9. The lowest BCUT2D eigenvalue weighted by atomic mass is 10.1. The fourth-order valence-corrected chi connectivity index (χ4v) is 3.45. The van der Waals surface area contributed by atoms with E-state index in [9.17, 15) is 9.18 Å². The second-order valence-corrected chi connectivity index (χ2v) is 6.49. The summed E-state index contributed by atoms with van der Waals surface area (Å²) in [5, 5.41) is 0.420. The summed E-state index contributed by atoms with van der Waals surface area (Å²) >= 11 is 3.02. The second kappa shape index (κ2) is 6.42. The number of halogens is 1. The zero-order valence-electron chi connectivity index (χ0n) is 11.7. The lowest BCUT2D eigenvalue weighted by Gasteiger charge is -2.04. The molecule has 0 saturated carbocycles. The van der Waals surface area contributed by atoms with Gasteiger partial charge in [-0.1, -0.05) is 12.1 Å². The summed E-state index contributed by atoms with van der Waals surface area (Å²) in [4.78, 5) is 17.5. The van der Waals surface area contributed by atoms with Gasteiger partial charge in [-0.3, -0.25) is 4.79 Å². The Morgan fingerprint density at radius 2 is 1.68 bits per heavy atom. The van der Waals surface area contributed by atoms with Crippen molar-refractivity contribution < 1.29 is 9.18 Å². The van der Waals surface area contributed by atoms with E-state index in [1.54, 1.807) is 23.9 Å². The third-order valence-electron chi connectivity index (χ3n) is 3.21. The van der Waals surface area contributed by atoms with Crippen molar-refractivity contribution in [3.63, 3.8) is 0 Å². The molecule has 0 fully saturated rings. The van der Waals surface area contributed by atoms with Gasteiger partial charge >= 0.3 is 0 Å². The maximum absolute atomic E-state index is 13.1. The van der Waals surface area contributed by atoms with E-state index in [1.165, 1.54) is 28.4 Å². The smallest absolute Gasteiger partial charge is 0.178 e. The van der Waals surface area contributed by atoms with Crippen LogP contribution in [0.25, 0.3) is 21.7 Å². The molecule has 0 aliphatic carbocycles. The van der Waals surface area contributed by atoms with Crippen LogP contribution in [0.3, 0.4) is 0 Å². The molecule has 1 aromatic heterocycles. The van der Waals surface area contributed by atoms with E-state index in [0.29, 0.717) is 10.7 Å². The van der Waals surface area contributed by atoms with Gasteiger partial charge in [0, 0.05) is 10.5 Å². The number of carbonyl (C=O) groups is 1. The molecule has 22 heavy (non-hydrogen) atoms. The van der Waals surface area contributed by atoms with Crippen LogP contribution in [-0.4, -0.2) is 17.5 Å². The minimum absolute atomic E-state index is 0.291. The van der Waals surface area contributed by atoms with Gasteiger partial charge in [-0.25, -0.2) is 9.37 Å². The van der Waals surface area contributed by atoms with E-state index in [0.717, 1.165) is 22.3 Å². The van der Waals surface area contributed by atoms with Gasteiger partial charge in [0.1, 0.15) is 5.82 Å². The number of hydrogen-bond donors (Lipinski definition) is 0. The number of rotatable bonds is 4. The summed E-state index contributed by atoms with van der Waals surface area (Å²) in [6.45, 7) is 0. The minimum Gasteiger partial charge on any atom is -0.295 e. The summed E-state index contributed by atoms with van der Waals surface area (Å²) in [6.07, 6.45) is 2.77. The monoisotopic (exact) mass is 329 g/mol. The van der Waals surface area contributed by atoms with Gasteiger partial charge in [0.15, 0.2) is 11.3 Å². The summed E-state index contributed by atoms with van der Waals surface area (Å²) in [7, 11) is 0. The van der Waals surface area contributed by atoms with Crippen molar-refractivity contribution in [2.24, 2.45) is 0 Å². The summed E-state index contributed by atoms with van der Waals surface area (Å²) in [6, 6.07) is 14.3. The minimum atomic E-state index is -0.291. The van der Waals surface area contributed by atoms with E-state index < -0.39 is 0 Å². The lowest BCUT2D eigenvalue weighted by Crippen LogP contribution is -1.84. The Kier molecular flexibility index (Phi) is 4.36. The Balaban J connectivity index is 2.11. The van der Waals surface area contributed by atoms with Crippen molar-refractivity contribution >= 4 is 29.4 Å². The highest BCUT2D eigenvalue weighted by Crippen LogP contribution is 2.37. The maximum Gasteiger partial charge on any atom is 0.178 e. The number of thiazole rings is 1. The Morgan fingerprint density at radius 1 is 1.05 bits per heavy atom. The number of aromatic nitrogens is 1. The highest BCUT2D eigenvalue weighted by atomic mass is 32.2. The second-order valence-electron chi connectivity index (χ2n) is 4.58. The van der Waals surface area contributed by atoms with Crippen molar-refractivity contribution in [2.45, 2.75) is 4.90 Å². The Bertz CT molecular complexity index is 795. The van der Waals surface area contributed by atoms with Crippen LogP contribution in [0.4, 0.5) is 4.39 Å². The first-order chi connectivity index (χ1) is 10.7. The fraction of sp³-hybridized carbons (Fsp3) is 0.0588. The maximum atomic E-state index is 13.1. The molecule has 0 radical (unpaired) electrons. The Morgan fingerprint density at radius 3 is 2.27 bits per heavy atom. The first-order valence-electron chi connectivity index (χ1n) is 6.57. The van der Waals surface area contributed by atoms with Gasteiger partial charge < -0.3 is 0 Å². The third kappa shape index (κ3) is 2.96. The van der Waals surface area contributed by atoms with Crippen LogP contribution >= 0.6 is 23.1 Å². The third-order valence-corrected chi connectivity index (χ3v) is 4.99. The van der Waals surface area contributed by atoms with Crippen LogP contribution in [-0.2, 0) is 0 Å². The van der Waals surface area contributed by atoms with Gasteiger partial charge in [-0.2, -0.15) is 0 Å². The molecule has 0 unspecified atom stereocenters. The van der Waals surface area contributed by atoms with Gasteiger partial charge in [-0.15, -0.1) is 23.1 Å². The van der Waals surface area contributed by atoms with Crippen LogP contribution in [0.2, 0.25) is 0 Å². The highest BCUT2D eigenvalue weighted by Gasteiger charge is 2.14. The molecule has 0 amide bonds. The lowest BCUT2D eigenvalue weighted by molar-refractivity contribution is 0.112. The summed E-state index contributed by atoms with van der Waals surface area (Å²) < 4.78 is 13.1. The number of hydrogen-bond acceptors (Lipinski definition) is 4. The molecule has 0 aliphatic heterocycles. The van der Waals surface area contributed by atoms with Gasteiger partial charge in [0.25, 0.3) is 0 Å². The summed E-state index contributed by atoms with van der Waals surface area (Å²) in [5.41, 5.74) is 2.52. The van der Waals surface area contributed by atoms with Crippen molar-refractivity contribution in [1.82, 2.24) is 4.98 Å². The number of aldehydes is 1. The average molecular weight is 329 g/mol. The van der Waals surface area contributed by atoms with Crippen LogP contribution < -0.4 is 0 Å². The Labute approximate surface area is 136 Å². The molecule has 0 atom stereocenters. The SMILES string of the molecule is CSc1ccc(-c2sc(C=O)nc2-c2ccc(F)cc2)cc1. The predicted octanol–water partition coefficient (Wildman–Crippen LogP) is 5.15. The fourth-order valence-electron chi connectivity index (χ4n) is 2.13. The van der Waals surface area contributed by atoms with Crippen molar-refractivity contribution in [3.05, 3.63) is 59.4 Å². The van der Waals surface area contributed by atoms with Crippen molar-refractivity contribution in [2.75, 3.05) is 6.26 Å². The topological polar surface area (TPSA) is 30.0 Å². The highest BCUT2D eigenvalue weighted by molar-refractivity contribution is 7.98. The van der Waals surface area contributed by atoms with Crippen LogP contribution in [0.5, 0.6) is 0 Å². The zero-order valence-corrected chi connectivity index (χ0v) is 13.4. The van der Waals surface area contributed by atoms with Crippen LogP contribution in [0.15, 0.2) is 53.4 Å². The van der Waals surface area contributed by atoms with Crippen LogP contribution in [0, 0.1) is 5.82 Å². The molecule has 5 heteroatoms. The van der Waals surface area contributed by atoms with Crippen molar-refractivity contribution in [3.8, 4) is 21.7 Å². The average Bonchev–Trinajstić information content (AvgIpc) is 3.00. The molecule has 2 nitrogen and oxygen atoms in total. The zero-order chi connectivity index (χ0) is 15.5. The number of thioether (sulfide) groups is 1. The van der Waals surface area contributed by atoms with E-state index in [2.05, 4.69) is 4.98 Å². The van der Waals surface area contributed by atoms with Gasteiger partial charge in [-0.05, 0) is 48.2 Å². The van der Waals surface area contributed by atoms with E-state index in [1.807, 2.05) is 30.5 Å². The molecular weight excluding hydrogens is 317 g/mol. The van der Waals surface area contributed by atoms with Gasteiger partial charge in [0.2, 0.25) is 0 Å². The molecule has 0 spiro atoms. The van der Waals surface area contributed by atoms with E-state index in [4.69, 9.17) is 0 Å². The Hall–Kier alpha value is -1.98. The summed E-state index contributed by atoms with van der Waals surface area (Å²) in [5.74, 6) is -0.291. The van der Waals surface area contributed by atoms with E-state index in [-0.39, 0.29) is 5.82 Å². The molecule has 110 valence electrons. The molecule has 0 aliphatic rings. The molecule has 3 rings (SSSR count). The quantitative estimate of drug-likeness (QED) is 0.490. The molecular formula is C17H12FNOS2. The molecule has 2 aromatic carbocycles. The van der Waals surface area contributed by atoms with E-state index >= 15 is 0 Å². The molecule has 3 aromatic rings. The predicted molar refractivity (Wildman–Crippen MR) is 90.1 cm³/mol.